The third kappa shape index (κ3) is 3.89. The number of thiazole rings is 1. The Morgan fingerprint density at radius 1 is 1.48 bits per heavy atom. The molecule has 2 aromatic rings. The topological polar surface area (TPSA) is 62.7 Å². The first-order chi connectivity index (χ1) is 11.0. The molecule has 2 rings (SSSR count). The Bertz CT molecular complexity index is 684. The van der Waals surface area contributed by atoms with Crippen molar-refractivity contribution in [3.63, 3.8) is 0 Å². The molecule has 0 saturated carbocycles. The Morgan fingerprint density at radius 2 is 2.22 bits per heavy atom. The molecular formula is C17H22N2O3S. The Balaban J connectivity index is 2.13. The summed E-state index contributed by atoms with van der Waals surface area (Å²) in [5, 5.41) is 13.0. The smallest absolute Gasteiger partial charge is 0.257 e. The number of methoxy groups -OCH3 is 1. The lowest BCUT2D eigenvalue weighted by Gasteiger charge is -2.17. The highest BCUT2D eigenvalue weighted by Crippen LogP contribution is 2.25. The van der Waals surface area contributed by atoms with Crippen LogP contribution in [0.15, 0.2) is 23.6 Å². The van der Waals surface area contributed by atoms with Gasteiger partial charge in [-0.1, -0.05) is 19.1 Å². The molecule has 0 aliphatic rings. The first-order valence-corrected chi connectivity index (χ1v) is 8.39. The minimum atomic E-state index is -0.216. The van der Waals surface area contributed by atoms with Crippen LogP contribution < -0.4 is 0 Å². The summed E-state index contributed by atoms with van der Waals surface area (Å²) in [5.41, 5.74) is 1.91. The molecule has 5 nitrogen and oxygen atoms in total. The van der Waals surface area contributed by atoms with Gasteiger partial charge in [0.2, 0.25) is 0 Å². The van der Waals surface area contributed by atoms with Crippen molar-refractivity contribution < 1.29 is 14.6 Å². The van der Waals surface area contributed by atoms with Gasteiger partial charge in [-0.2, -0.15) is 0 Å². The number of aromatic hydroxyl groups is 1. The molecule has 0 radical (unpaired) electrons. The first-order valence-electron chi connectivity index (χ1n) is 7.51. The van der Waals surface area contributed by atoms with Crippen molar-refractivity contribution in [1.29, 1.82) is 0 Å². The molecule has 0 bridgehead atoms. The van der Waals surface area contributed by atoms with Crippen molar-refractivity contribution in [2.45, 2.75) is 32.9 Å². The number of nitrogens with zero attached hydrogens (tertiary/aromatic N) is 2. The van der Waals surface area contributed by atoms with Crippen LogP contribution in [0.3, 0.4) is 0 Å². The molecule has 0 aliphatic heterocycles. The Hall–Kier alpha value is -1.92. The van der Waals surface area contributed by atoms with Crippen LogP contribution in [0.25, 0.3) is 0 Å². The fourth-order valence-electron chi connectivity index (χ4n) is 2.25. The van der Waals surface area contributed by atoms with E-state index in [1.807, 2.05) is 25.3 Å². The molecule has 1 aromatic carbocycles. The predicted octanol–water partition coefficient (Wildman–Crippen LogP) is 3.39. The van der Waals surface area contributed by atoms with Crippen molar-refractivity contribution in [3.8, 4) is 5.75 Å². The maximum absolute atomic E-state index is 12.6. The van der Waals surface area contributed by atoms with Gasteiger partial charge in [0, 0.05) is 19.5 Å². The molecular weight excluding hydrogens is 312 g/mol. The standard InChI is InChI=1S/C17H22N2O3S/c1-5-12-7-6-8-14(15(12)20)17(21)19(3)9-13-10-23-16(18-13)11(2)22-4/h6-8,10-11,20H,5,9H2,1-4H3/t11-/m0/s1. The van der Waals surface area contributed by atoms with Crippen molar-refractivity contribution in [1.82, 2.24) is 9.88 Å². The lowest BCUT2D eigenvalue weighted by molar-refractivity contribution is 0.0780. The maximum atomic E-state index is 12.6. The maximum Gasteiger partial charge on any atom is 0.257 e. The molecule has 1 aromatic heterocycles. The molecule has 0 aliphatic carbocycles. The summed E-state index contributed by atoms with van der Waals surface area (Å²) in [6.07, 6.45) is 0.626. The Labute approximate surface area is 140 Å². The van der Waals surface area contributed by atoms with E-state index in [0.29, 0.717) is 18.5 Å². The van der Waals surface area contributed by atoms with E-state index in [0.717, 1.165) is 16.3 Å². The van der Waals surface area contributed by atoms with E-state index in [1.165, 1.54) is 11.3 Å². The van der Waals surface area contributed by atoms with Crippen LogP contribution in [0.2, 0.25) is 0 Å². The minimum Gasteiger partial charge on any atom is -0.507 e. The van der Waals surface area contributed by atoms with Gasteiger partial charge >= 0.3 is 0 Å². The van der Waals surface area contributed by atoms with Gasteiger partial charge in [0.1, 0.15) is 16.9 Å². The zero-order valence-electron chi connectivity index (χ0n) is 13.9. The number of para-hydroxylation sites is 1. The number of ether oxygens (including phenoxy) is 1. The number of rotatable bonds is 6. The third-order valence-corrected chi connectivity index (χ3v) is 4.80. The highest BCUT2D eigenvalue weighted by atomic mass is 32.1. The number of phenols is 1. The highest BCUT2D eigenvalue weighted by Gasteiger charge is 2.19. The second-order valence-corrected chi connectivity index (χ2v) is 6.27. The number of phenolic OH excluding ortho intramolecular Hbond substituents is 1. The molecule has 6 heteroatoms. The van der Waals surface area contributed by atoms with Crippen LogP contribution in [0.4, 0.5) is 0 Å². The number of aryl methyl sites for hydroxylation is 1. The predicted molar refractivity (Wildman–Crippen MR) is 90.8 cm³/mol. The number of hydrogen-bond acceptors (Lipinski definition) is 5. The van der Waals surface area contributed by atoms with Gasteiger partial charge in [0.15, 0.2) is 0 Å². The molecule has 1 heterocycles. The number of carbonyl (C=O) groups excluding carboxylic acids is 1. The zero-order chi connectivity index (χ0) is 17.0. The molecule has 0 unspecified atom stereocenters. The van der Waals surface area contributed by atoms with E-state index in [-0.39, 0.29) is 17.8 Å². The van der Waals surface area contributed by atoms with Crippen molar-refractivity contribution >= 4 is 17.2 Å². The molecule has 23 heavy (non-hydrogen) atoms. The first kappa shape index (κ1) is 17.4. The Kier molecular flexibility index (Phi) is 5.74. The lowest BCUT2D eigenvalue weighted by Crippen LogP contribution is -2.26. The third-order valence-electron chi connectivity index (χ3n) is 3.75. The number of benzene rings is 1. The number of hydrogen-bond donors (Lipinski definition) is 1. The van der Waals surface area contributed by atoms with Crippen molar-refractivity contribution in [3.05, 3.63) is 45.4 Å². The molecule has 1 N–H and O–H groups in total. The molecule has 1 atom stereocenters. The van der Waals surface area contributed by atoms with E-state index in [9.17, 15) is 9.90 Å². The number of carbonyl (C=O) groups is 1. The highest BCUT2D eigenvalue weighted by molar-refractivity contribution is 7.09. The van der Waals surface area contributed by atoms with Crippen LogP contribution in [0.5, 0.6) is 5.75 Å². The van der Waals surface area contributed by atoms with E-state index in [1.54, 1.807) is 31.2 Å². The largest absolute Gasteiger partial charge is 0.507 e. The monoisotopic (exact) mass is 334 g/mol. The van der Waals surface area contributed by atoms with Gasteiger partial charge in [-0.25, -0.2) is 4.98 Å². The van der Waals surface area contributed by atoms with Gasteiger partial charge in [0.05, 0.1) is 17.8 Å². The fraction of sp³-hybridized carbons (Fsp3) is 0.412. The van der Waals surface area contributed by atoms with E-state index in [4.69, 9.17) is 4.74 Å². The average Bonchev–Trinajstić information content (AvgIpc) is 3.02. The molecule has 0 fully saturated rings. The minimum absolute atomic E-state index is 0.0555. The summed E-state index contributed by atoms with van der Waals surface area (Å²) >= 11 is 1.52. The van der Waals surface area contributed by atoms with Crippen molar-refractivity contribution in [2.24, 2.45) is 0 Å². The molecule has 124 valence electrons. The van der Waals surface area contributed by atoms with Crippen LogP contribution in [-0.2, 0) is 17.7 Å². The fourth-order valence-corrected chi connectivity index (χ4v) is 3.09. The summed E-state index contributed by atoms with van der Waals surface area (Å²) in [4.78, 5) is 18.6. The van der Waals surface area contributed by atoms with Gasteiger partial charge in [-0.15, -0.1) is 11.3 Å². The summed E-state index contributed by atoms with van der Waals surface area (Å²) in [6, 6.07) is 5.26. The van der Waals surface area contributed by atoms with Crippen LogP contribution in [0, 0.1) is 0 Å². The van der Waals surface area contributed by atoms with Crippen LogP contribution >= 0.6 is 11.3 Å². The Morgan fingerprint density at radius 3 is 2.87 bits per heavy atom. The van der Waals surface area contributed by atoms with E-state index >= 15 is 0 Å². The van der Waals surface area contributed by atoms with E-state index in [2.05, 4.69) is 4.98 Å². The molecule has 0 saturated heterocycles. The summed E-state index contributed by atoms with van der Waals surface area (Å²) < 4.78 is 5.25. The second kappa shape index (κ2) is 7.57. The van der Waals surface area contributed by atoms with Gasteiger partial charge < -0.3 is 14.7 Å². The summed E-state index contributed by atoms with van der Waals surface area (Å²) in [7, 11) is 3.35. The molecule has 0 spiro atoms. The number of amides is 1. The van der Waals surface area contributed by atoms with Gasteiger partial charge in [0.25, 0.3) is 5.91 Å². The normalized spacial score (nSPS) is 12.2. The molecule has 1 amide bonds. The SMILES string of the molecule is CCc1cccc(C(=O)N(C)Cc2csc([C@H](C)OC)n2)c1O. The average molecular weight is 334 g/mol. The quantitative estimate of drug-likeness (QED) is 0.879. The van der Waals surface area contributed by atoms with E-state index < -0.39 is 0 Å². The summed E-state index contributed by atoms with van der Waals surface area (Å²) in [5.74, 6) is -0.147. The number of aromatic nitrogens is 1. The van der Waals surface area contributed by atoms with Crippen LogP contribution in [-0.4, -0.2) is 35.1 Å². The lowest BCUT2D eigenvalue weighted by atomic mass is 10.1. The second-order valence-electron chi connectivity index (χ2n) is 5.38. The zero-order valence-corrected chi connectivity index (χ0v) is 14.7. The van der Waals surface area contributed by atoms with Crippen molar-refractivity contribution in [2.75, 3.05) is 14.2 Å². The van der Waals surface area contributed by atoms with Gasteiger partial charge in [-0.05, 0) is 25.0 Å². The van der Waals surface area contributed by atoms with Crippen LogP contribution in [0.1, 0.15) is 46.6 Å². The summed E-state index contributed by atoms with van der Waals surface area (Å²) in [6.45, 7) is 4.27. The van der Waals surface area contributed by atoms with Gasteiger partial charge in [-0.3, -0.25) is 4.79 Å².